The highest BCUT2D eigenvalue weighted by Gasteiger charge is 2.29. The zero-order valence-electron chi connectivity index (χ0n) is 12.8. The van der Waals surface area contributed by atoms with Crippen molar-refractivity contribution in [3.8, 4) is 5.75 Å². The van der Waals surface area contributed by atoms with Crippen LogP contribution in [0.2, 0.25) is 5.02 Å². The molecule has 6 heteroatoms. The minimum atomic E-state index is -0.754. The molecule has 0 atom stereocenters. The number of carbonyl (C=O) groups is 2. The summed E-state index contributed by atoms with van der Waals surface area (Å²) < 4.78 is 5.63. The number of amides is 1. The first-order valence-corrected chi connectivity index (χ1v) is 8.37. The Morgan fingerprint density at radius 2 is 1.91 bits per heavy atom. The molecule has 1 aliphatic carbocycles. The van der Waals surface area contributed by atoms with E-state index in [1.165, 1.54) is 0 Å². The number of fused-ring (bicyclic) bond motifs is 1. The maximum absolute atomic E-state index is 12.3. The average molecular weight is 338 g/mol. The van der Waals surface area contributed by atoms with E-state index in [1.54, 1.807) is 0 Å². The van der Waals surface area contributed by atoms with Gasteiger partial charge in [0, 0.05) is 29.5 Å². The highest BCUT2D eigenvalue weighted by molar-refractivity contribution is 6.30. The van der Waals surface area contributed by atoms with Gasteiger partial charge in [0.25, 0.3) is 0 Å². The van der Waals surface area contributed by atoms with Gasteiger partial charge in [0.1, 0.15) is 5.75 Å². The molecule has 5 nitrogen and oxygen atoms in total. The summed E-state index contributed by atoms with van der Waals surface area (Å²) in [5.74, 6) is -0.331. The number of hydrogen-bond donors (Lipinski definition) is 2. The Morgan fingerprint density at radius 3 is 2.61 bits per heavy atom. The van der Waals surface area contributed by atoms with Crippen molar-refractivity contribution in [2.45, 2.75) is 38.6 Å². The second-order valence-corrected chi connectivity index (χ2v) is 6.69. The fraction of sp³-hybridized carbons (Fsp3) is 0.529. The molecule has 0 unspecified atom stereocenters. The second kappa shape index (κ2) is 6.79. The molecule has 2 N–H and O–H groups in total. The van der Waals surface area contributed by atoms with Crippen LogP contribution in [0.1, 0.15) is 36.8 Å². The van der Waals surface area contributed by atoms with E-state index in [0.29, 0.717) is 43.9 Å². The molecular weight excluding hydrogens is 318 g/mol. The van der Waals surface area contributed by atoms with Gasteiger partial charge in [-0.3, -0.25) is 9.59 Å². The summed E-state index contributed by atoms with van der Waals surface area (Å²) >= 11 is 6.11. The van der Waals surface area contributed by atoms with Crippen LogP contribution in [0.4, 0.5) is 0 Å². The minimum absolute atomic E-state index is 0.0134. The summed E-state index contributed by atoms with van der Waals surface area (Å²) in [6.45, 7) is 1.04. The van der Waals surface area contributed by atoms with Crippen LogP contribution in [0.25, 0.3) is 0 Å². The summed E-state index contributed by atoms with van der Waals surface area (Å²) in [6, 6.07) is 3.73. The number of carboxylic acid groups (broad SMARTS) is 1. The Balaban J connectivity index is 1.57. The molecule has 0 aromatic heterocycles. The molecule has 1 heterocycles. The lowest BCUT2D eigenvalue weighted by Crippen LogP contribution is -2.34. The van der Waals surface area contributed by atoms with Gasteiger partial charge in [-0.1, -0.05) is 11.6 Å². The van der Waals surface area contributed by atoms with E-state index in [9.17, 15) is 9.59 Å². The van der Waals surface area contributed by atoms with Gasteiger partial charge in [-0.15, -0.1) is 0 Å². The topological polar surface area (TPSA) is 75.6 Å². The Morgan fingerprint density at radius 1 is 1.22 bits per heavy atom. The summed E-state index contributed by atoms with van der Waals surface area (Å²) in [5, 5.41) is 12.6. The van der Waals surface area contributed by atoms with Crippen LogP contribution in [0.15, 0.2) is 12.1 Å². The second-order valence-electron chi connectivity index (χ2n) is 6.26. The predicted octanol–water partition coefficient (Wildman–Crippen LogP) is 2.78. The first-order valence-electron chi connectivity index (χ1n) is 7.99. The van der Waals surface area contributed by atoms with Crippen molar-refractivity contribution < 1.29 is 19.4 Å². The SMILES string of the molecule is O=C(O)C1CCC(C(=O)NCc2cc(Cl)cc3c2OCC3)CC1. The first kappa shape index (κ1) is 16.1. The largest absolute Gasteiger partial charge is 0.493 e. The van der Waals surface area contributed by atoms with Crippen molar-refractivity contribution in [3.05, 3.63) is 28.3 Å². The molecule has 1 aliphatic heterocycles. The van der Waals surface area contributed by atoms with Crippen LogP contribution in [0.5, 0.6) is 5.75 Å². The Labute approximate surface area is 140 Å². The summed E-state index contributed by atoms with van der Waals surface area (Å²) in [4.78, 5) is 23.3. The molecule has 0 spiro atoms. The molecule has 1 fully saturated rings. The maximum atomic E-state index is 12.3. The van der Waals surface area contributed by atoms with E-state index < -0.39 is 5.97 Å². The lowest BCUT2D eigenvalue weighted by molar-refractivity contribution is -0.144. The van der Waals surface area contributed by atoms with Gasteiger partial charge in [-0.25, -0.2) is 0 Å². The molecule has 1 amide bonds. The van der Waals surface area contributed by atoms with Gasteiger partial charge in [0.2, 0.25) is 5.91 Å². The van der Waals surface area contributed by atoms with E-state index in [-0.39, 0.29) is 17.7 Å². The smallest absolute Gasteiger partial charge is 0.306 e. The first-order chi connectivity index (χ1) is 11.0. The number of halogens is 1. The van der Waals surface area contributed by atoms with E-state index in [4.69, 9.17) is 21.4 Å². The van der Waals surface area contributed by atoms with Gasteiger partial charge in [-0.2, -0.15) is 0 Å². The number of aliphatic carboxylic acids is 1. The quantitative estimate of drug-likeness (QED) is 0.885. The molecule has 2 aliphatic rings. The Kier molecular flexibility index (Phi) is 4.76. The fourth-order valence-corrected chi connectivity index (χ4v) is 3.67. The van der Waals surface area contributed by atoms with Crippen LogP contribution in [-0.4, -0.2) is 23.6 Å². The number of benzene rings is 1. The number of carbonyl (C=O) groups excluding carboxylic acids is 1. The van der Waals surface area contributed by atoms with Gasteiger partial charge in [0.15, 0.2) is 0 Å². The van der Waals surface area contributed by atoms with Crippen LogP contribution in [0.3, 0.4) is 0 Å². The molecule has 0 radical (unpaired) electrons. The summed E-state index contributed by atoms with van der Waals surface area (Å²) in [5.41, 5.74) is 1.99. The van der Waals surface area contributed by atoms with Crippen molar-refractivity contribution in [2.75, 3.05) is 6.61 Å². The van der Waals surface area contributed by atoms with E-state index >= 15 is 0 Å². The zero-order valence-corrected chi connectivity index (χ0v) is 13.6. The standard InChI is InChI=1S/C17H20ClNO4/c18-14-7-12-5-6-23-15(12)13(8-14)9-19-16(20)10-1-3-11(4-2-10)17(21)22/h7-8,10-11H,1-6,9H2,(H,19,20)(H,21,22). The van der Waals surface area contributed by atoms with Crippen molar-refractivity contribution in [1.82, 2.24) is 5.32 Å². The monoisotopic (exact) mass is 337 g/mol. The predicted molar refractivity (Wildman–Crippen MR) is 85.6 cm³/mol. The molecule has 0 bridgehead atoms. The normalized spacial score (nSPS) is 23.0. The van der Waals surface area contributed by atoms with Gasteiger partial charge in [-0.05, 0) is 43.4 Å². The third-order valence-electron chi connectivity index (χ3n) is 4.73. The molecule has 0 saturated heterocycles. The third-order valence-corrected chi connectivity index (χ3v) is 4.94. The van der Waals surface area contributed by atoms with Crippen molar-refractivity contribution in [1.29, 1.82) is 0 Å². The molecule has 1 aromatic carbocycles. The maximum Gasteiger partial charge on any atom is 0.306 e. The van der Waals surface area contributed by atoms with Gasteiger partial charge < -0.3 is 15.2 Å². The molecule has 23 heavy (non-hydrogen) atoms. The van der Waals surface area contributed by atoms with E-state index in [2.05, 4.69) is 5.32 Å². The van der Waals surface area contributed by atoms with Crippen LogP contribution >= 0.6 is 11.6 Å². The van der Waals surface area contributed by atoms with Gasteiger partial charge in [0.05, 0.1) is 12.5 Å². The lowest BCUT2D eigenvalue weighted by Gasteiger charge is -2.25. The van der Waals surface area contributed by atoms with Crippen molar-refractivity contribution in [2.24, 2.45) is 11.8 Å². The highest BCUT2D eigenvalue weighted by atomic mass is 35.5. The molecular formula is C17H20ClNO4. The molecule has 1 saturated carbocycles. The molecule has 124 valence electrons. The zero-order chi connectivity index (χ0) is 16.4. The minimum Gasteiger partial charge on any atom is -0.493 e. The van der Waals surface area contributed by atoms with E-state index in [0.717, 1.165) is 23.3 Å². The van der Waals surface area contributed by atoms with E-state index in [1.807, 2.05) is 12.1 Å². The fourth-order valence-electron chi connectivity index (χ4n) is 3.41. The number of nitrogens with one attached hydrogen (secondary N) is 1. The van der Waals surface area contributed by atoms with Crippen molar-refractivity contribution in [3.63, 3.8) is 0 Å². The van der Waals surface area contributed by atoms with Crippen LogP contribution in [-0.2, 0) is 22.6 Å². The number of carboxylic acids is 1. The average Bonchev–Trinajstić information content (AvgIpc) is 3.00. The summed E-state index contributed by atoms with van der Waals surface area (Å²) in [7, 11) is 0. The van der Waals surface area contributed by atoms with Crippen LogP contribution in [0, 0.1) is 11.8 Å². The van der Waals surface area contributed by atoms with Crippen molar-refractivity contribution >= 4 is 23.5 Å². The molecule has 3 rings (SSSR count). The Bertz CT molecular complexity index is 623. The number of rotatable bonds is 4. The highest BCUT2D eigenvalue weighted by Crippen LogP contribution is 2.33. The van der Waals surface area contributed by atoms with Crippen LogP contribution < -0.4 is 10.1 Å². The molecule has 1 aromatic rings. The third kappa shape index (κ3) is 3.61. The number of ether oxygens (including phenoxy) is 1. The summed E-state index contributed by atoms with van der Waals surface area (Å²) in [6.07, 6.45) is 3.25. The lowest BCUT2D eigenvalue weighted by atomic mass is 9.81. The number of hydrogen-bond acceptors (Lipinski definition) is 3. The van der Waals surface area contributed by atoms with Gasteiger partial charge >= 0.3 is 5.97 Å². The Hall–Kier alpha value is -1.75.